The minimum atomic E-state index is 0.291. The fourth-order valence-corrected chi connectivity index (χ4v) is 2.26. The molecule has 3 aromatic heterocycles. The van der Waals surface area contributed by atoms with E-state index in [9.17, 15) is 0 Å². The standard InChI is InChI=1S/C13H12ClN5O/c1-20-13-11-12(16-8-17-13)19(10(5-14)18-11)7-9-3-2-4-15-6-9/h2-4,6,8H,5,7H2,1H3. The topological polar surface area (TPSA) is 65.7 Å². The van der Waals surface area contributed by atoms with Gasteiger partial charge in [0.15, 0.2) is 11.2 Å². The highest BCUT2D eigenvalue weighted by atomic mass is 35.5. The number of alkyl halides is 1. The molecular weight excluding hydrogens is 278 g/mol. The van der Waals surface area contributed by atoms with Crippen LogP contribution in [-0.4, -0.2) is 31.6 Å². The molecule has 0 N–H and O–H groups in total. The molecule has 0 radical (unpaired) electrons. The number of aromatic nitrogens is 5. The number of hydrogen-bond donors (Lipinski definition) is 0. The summed E-state index contributed by atoms with van der Waals surface area (Å²) in [4.78, 5) is 16.9. The Hall–Kier alpha value is -2.21. The van der Waals surface area contributed by atoms with Gasteiger partial charge in [-0.1, -0.05) is 6.07 Å². The van der Waals surface area contributed by atoms with Gasteiger partial charge < -0.3 is 9.30 Å². The Morgan fingerprint density at radius 3 is 2.95 bits per heavy atom. The lowest BCUT2D eigenvalue weighted by Gasteiger charge is -2.06. The third kappa shape index (κ3) is 2.18. The molecule has 3 rings (SSSR count). The molecule has 3 heterocycles. The second-order valence-corrected chi connectivity index (χ2v) is 4.43. The molecule has 0 spiro atoms. The van der Waals surface area contributed by atoms with Crippen molar-refractivity contribution in [3.8, 4) is 5.88 Å². The zero-order valence-electron chi connectivity index (χ0n) is 10.8. The maximum absolute atomic E-state index is 5.98. The molecule has 102 valence electrons. The largest absolute Gasteiger partial charge is 0.479 e. The van der Waals surface area contributed by atoms with Crippen molar-refractivity contribution in [2.45, 2.75) is 12.4 Å². The van der Waals surface area contributed by atoms with Gasteiger partial charge in [-0.05, 0) is 11.6 Å². The molecular formula is C13H12ClN5O. The molecule has 20 heavy (non-hydrogen) atoms. The van der Waals surface area contributed by atoms with Gasteiger partial charge in [0.25, 0.3) is 0 Å². The molecule has 0 amide bonds. The van der Waals surface area contributed by atoms with Crippen LogP contribution in [0.15, 0.2) is 30.9 Å². The van der Waals surface area contributed by atoms with E-state index in [0.29, 0.717) is 29.5 Å². The highest BCUT2D eigenvalue weighted by Gasteiger charge is 2.15. The zero-order chi connectivity index (χ0) is 13.9. The van der Waals surface area contributed by atoms with Gasteiger partial charge in [-0.25, -0.2) is 9.97 Å². The van der Waals surface area contributed by atoms with Gasteiger partial charge in [0.2, 0.25) is 5.88 Å². The van der Waals surface area contributed by atoms with Gasteiger partial charge in [0.05, 0.1) is 19.5 Å². The molecule has 0 bridgehead atoms. The number of fused-ring (bicyclic) bond motifs is 1. The molecule has 0 aromatic carbocycles. The van der Waals surface area contributed by atoms with Crippen LogP contribution < -0.4 is 4.74 Å². The van der Waals surface area contributed by atoms with Crippen LogP contribution in [0, 0.1) is 0 Å². The maximum atomic E-state index is 5.98. The van der Waals surface area contributed by atoms with E-state index in [2.05, 4.69) is 19.9 Å². The van der Waals surface area contributed by atoms with Gasteiger partial charge in [0.1, 0.15) is 12.2 Å². The first-order chi connectivity index (χ1) is 9.83. The van der Waals surface area contributed by atoms with Crippen molar-refractivity contribution in [1.82, 2.24) is 24.5 Å². The minimum Gasteiger partial charge on any atom is -0.479 e. The van der Waals surface area contributed by atoms with E-state index in [1.165, 1.54) is 6.33 Å². The number of ether oxygens (including phenoxy) is 1. The van der Waals surface area contributed by atoms with Gasteiger partial charge >= 0.3 is 0 Å². The molecule has 0 unspecified atom stereocenters. The van der Waals surface area contributed by atoms with Gasteiger partial charge in [-0.15, -0.1) is 11.6 Å². The second kappa shape index (κ2) is 5.42. The number of halogens is 1. The Bertz CT molecular complexity index is 728. The van der Waals surface area contributed by atoms with Crippen LogP contribution in [0.2, 0.25) is 0 Å². The summed E-state index contributed by atoms with van der Waals surface area (Å²) in [5.74, 6) is 1.47. The van der Waals surface area contributed by atoms with Gasteiger partial charge in [0, 0.05) is 12.4 Å². The lowest BCUT2D eigenvalue weighted by atomic mass is 10.3. The lowest BCUT2D eigenvalue weighted by molar-refractivity contribution is 0.401. The van der Waals surface area contributed by atoms with E-state index in [-0.39, 0.29) is 0 Å². The van der Waals surface area contributed by atoms with E-state index in [4.69, 9.17) is 16.3 Å². The van der Waals surface area contributed by atoms with E-state index in [1.54, 1.807) is 13.3 Å². The average Bonchev–Trinajstić information content (AvgIpc) is 2.86. The molecule has 0 saturated heterocycles. The van der Waals surface area contributed by atoms with Crippen LogP contribution >= 0.6 is 11.6 Å². The first kappa shape index (κ1) is 12.8. The van der Waals surface area contributed by atoms with Crippen LogP contribution in [0.4, 0.5) is 0 Å². The van der Waals surface area contributed by atoms with Gasteiger partial charge in [-0.2, -0.15) is 4.98 Å². The van der Waals surface area contributed by atoms with Crippen molar-refractivity contribution >= 4 is 22.8 Å². The number of pyridine rings is 1. The van der Waals surface area contributed by atoms with Crippen LogP contribution in [-0.2, 0) is 12.4 Å². The molecule has 0 aliphatic rings. The normalized spacial score (nSPS) is 10.9. The third-order valence-corrected chi connectivity index (χ3v) is 3.19. The highest BCUT2D eigenvalue weighted by molar-refractivity contribution is 6.16. The van der Waals surface area contributed by atoms with Crippen molar-refractivity contribution in [2.24, 2.45) is 0 Å². The highest BCUT2D eigenvalue weighted by Crippen LogP contribution is 2.23. The third-order valence-electron chi connectivity index (χ3n) is 2.95. The van der Waals surface area contributed by atoms with Crippen LogP contribution in [0.3, 0.4) is 0 Å². The molecule has 3 aromatic rings. The molecule has 6 nitrogen and oxygen atoms in total. The summed E-state index contributed by atoms with van der Waals surface area (Å²) in [7, 11) is 1.56. The van der Waals surface area contributed by atoms with Crippen molar-refractivity contribution in [1.29, 1.82) is 0 Å². The smallest absolute Gasteiger partial charge is 0.245 e. The summed E-state index contributed by atoms with van der Waals surface area (Å²) in [5.41, 5.74) is 2.38. The molecule has 0 atom stereocenters. The molecule has 0 saturated carbocycles. The van der Waals surface area contributed by atoms with Crippen LogP contribution in [0.1, 0.15) is 11.4 Å². The Kier molecular flexibility index (Phi) is 3.47. The predicted molar refractivity (Wildman–Crippen MR) is 74.8 cm³/mol. The molecule has 7 heteroatoms. The zero-order valence-corrected chi connectivity index (χ0v) is 11.6. The van der Waals surface area contributed by atoms with E-state index in [1.807, 2.05) is 22.9 Å². The van der Waals surface area contributed by atoms with Crippen molar-refractivity contribution in [3.63, 3.8) is 0 Å². The fourth-order valence-electron chi connectivity index (χ4n) is 2.05. The average molecular weight is 290 g/mol. The summed E-state index contributed by atoms with van der Waals surface area (Å²) >= 11 is 5.98. The van der Waals surface area contributed by atoms with Crippen molar-refractivity contribution in [3.05, 3.63) is 42.2 Å². The second-order valence-electron chi connectivity index (χ2n) is 4.16. The number of nitrogens with zero attached hydrogens (tertiary/aromatic N) is 5. The van der Waals surface area contributed by atoms with Gasteiger partial charge in [-0.3, -0.25) is 4.98 Å². The maximum Gasteiger partial charge on any atom is 0.245 e. The van der Waals surface area contributed by atoms with Crippen LogP contribution in [0.5, 0.6) is 5.88 Å². The Morgan fingerprint density at radius 1 is 1.35 bits per heavy atom. The first-order valence-corrected chi connectivity index (χ1v) is 6.56. The summed E-state index contributed by atoms with van der Waals surface area (Å²) in [6.45, 7) is 0.604. The predicted octanol–water partition coefficient (Wildman–Crippen LogP) is 2.02. The molecule has 0 aliphatic carbocycles. The van der Waals surface area contributed by atoms with E-state index < -0.39 is 0 Å². The number of imidazole rings is 1. The van der Waals surface area contributed by atoms with Crippen LogP contribution in [0.25, 0.3) is 11.2 Å². The van der Waals surface area contributed by atoms with E-state index >= 15 is 0 Å². The number of methoxy groups -OCH3 is 1. The van der Waals surface area contributed by atoms with Crippen molar-refractivity contribution < 1.29 is 4.74 Å². The summed E-state index contributed by atoms with van der Waals surface area (Å²) in [6.07, 6.45) is 5.01. The summed E-state index contributed by atoms with van der Waals surface area (Å²) < 4.78 is 7.16. The minimum absolute atomic E-state index is 0.291. The SMILES string of the molecule is COc1ncnc2c1nc(CCl)n2Cc1cccnc1. The lowest BCUT2D eigenvalue weighted by Crippen LogP contribution is -2.05. The Balaban J connectivity index is 2.13. The summed E-state index contributed by atoms with van der Waals surface area (Å²) in [6, 6.07) is 3.89. The Labute approximate surface area is 120 Å². The monoisotopic (exact) mass is 289 g/mol. The molecule has 0 aliphatic heterocycles. The molecule has 0 fully saturated rings. The fraction of sp³-hybridized carbons (Fsp3) is 0.231. The number of hydrogen-bond acceptors (Lipinski definition) is 5. The number of rotatable bonds is 4. The Morgan fingerprint density at radius 2 is 2.25 bits per heavy atom. The van der Waals surface area contributed by atoms with Crippen molar-refractivity contribution in [2.75, 3.05) is 7.11 Å². The summed E-state index contributed by atoms with van der Waals surface area (Å²) in [5, 5.41) is 0. The quantitative estimate of drug-likeness (QED) is 0.688. The first-order valence-electron chi connectivity index (χ1n) is 6.02. The van der Waals surface area contributed by atoms with E-state index in [0.717, 1.165) is 11.4 Å².